The fraction of sp³-hybridized carbons (Fsp3) is 0.194. The number of hydrogen-bond acceptors (Lipinski definition) is 8. The van der Waals surface area contributed by atoms with Crippen molar-refractivity contribution in [2.24, 2.45) is 0 Å². The average Bonchev–Trinajstić information content (AvgIpc) is 3.29. The van der Waals surface area contributed by atoms with Crippen LogP contribution in [0.1, 0.15) is 40.1 Å². The number of nitrogens with one attached hydrogen (secondary N) is 1. The fourth-order valence-corrected chi connectivity index (χ4v) is 5.41. The molecule has 1 aliphatic heterocycles. The number of para-hydroxylation sites is 1. The molecule has 0 saturated carbocycles. The minimum Gasteiger partial charge on any atom is -0.462 e. The third kappa shape index (κ3) is 6.83. The molecule has 2 amide bonds. The van der Waals surface area contributed by atoms with Crippen LogP contribution in [0.15, 0.2) is 89.5 Å². The van der Waals surface area contributed by atoms with Crippen LogP contribution in [0.4, 0.5) is 11.4 Å². The van der Waals surface area contributed by atoms with Gasteiger partial charge in [0, 0.05) is 11.4 Å². The van der Waals surface area contributed by atoms with Crippen LogP contribution in [0, 0.1) is 11.3 Å². The number of anilines is 2. The SMILES string of the molecule is CCOC(=O)c1ccc(CC2S/C(=C(/C#N)C(=O)Nc3ccc(C(=O)OCC)cc3)N(c3ccccc3)C2=O)cc1. The summed E-state index contributed by atoms with van der Waals surface area (Å²) in [4.78, 5) is 52.2. The Morgan fingerprint density at radius 1 is 0.878 bits per heavy atom. The lowest BCUT2D eigenvalue weighted by Crippen LogP contribution is -2.30. The van der Waals surface area contributed by atoms with Crippen molar-refractivity contribution in [3.63, 3.8) is 0 Å². The number of rotatable bonds is 9. The average molecular weight is 570 g/mol. The Labute approximate surface area is 241 Å². The zero-order valence-corrected chi connectivity index (χ0v) is 23.3. The summed E-state index contributed by atoms with van der Waals surface area (Å²) in [6.07, 6.45) is 0.315. The van der Waals surface area contributed by atoms with Crippen LogP contribution >= 0.6 is 11.8 Å². The molecule has 0 aromatic heterocycles. The Hall–Kier alpha value is -4.88. The van der Waals surface area contributed by atoms with Gasteiger partial charge in [-0.25, -0.2) is 9.59 Å². The van der Waals surface area contributed by atoms with Gasteiger partial charge in [-0.05, 0) is 74.4 Å². The molecule has 1 saturated heterocycles. The molecule has 0 aliphatic carbocycles. The summed E-state index contributed by atoms with van der Waals surface area (Å²) in [7, 11) is 0. The number of esters is 2. The second-order valence-corrected chi connectivity index (χ2v) is 9.97. The molecule has 1 unspecified atom stereocenters. The highest BCUT2D eigenvalue weighted by Gasteiger charge is 2.40. The number of benzene rings is 3. The van der Waals surface area contributed by atoms with Crippen LogP contribution in [0.5, 0.6) is 0 Å². The molecule has 0 bridgehead atoms. The standard InChI is InChI=1S/C31H27N3O6S/c1-3-39-30(37)21-12-10-20(11-13-21)18-26-28(36)34(24-8-6-5-7-9-24)29(41-26)25(19-32)27(35)33-23-16-14-22(15-17-23)31(38)40-4-2/h5-17,26H,3-4,18H2,1-2H3,(H,33,35)/b29-25-. The third-order valence-corrected chi connectivity index (χ3v) is 7.32. The van der Waals surface area contributed by atoms with Crippen molar-refractivity contribution >= 4 is 46.9 Å². The molecule has 1 N–H and O–H groups in total. The van der Waals surface area contributed by atoms with E-state index in [1.807, 2.05) is 6.07 Å². The van der Waals surface area contributed by atoms with E-state index >= 15 is 0 Å². The van der Waals surface area contributed by atoms with E-state index in [1.54, 1.807) is 68.4 Å². The fourth-order valence-electron chi connectivity index (χ4n) is 4.10. The monoisotopic (exact) mass is 569 g/mol. The Kier molecular flexibility index (Phi) is 9.55. The number of nitrogens with zero attached hydrogens (tertiary/aromatic N) is 2. The van der Waals surface area contributed by atoms with E-state index in [4.69, 9.17) is 9.47 Å². The summed E-state index contributed by atoms with van der Waals surface area (Å²) >= 11 is 1.14. The minimum atomic E-state index is -0.688. The van der Waals surface area contributed by atoms with Crippen LogP contribution in [-0.4, -0.2) is 42.2 Å². The number of nitriles is 1. The predicted molar refractivity (Wildman–Crippen MR) is 155 cm³/mol. The van der Waals surface area contributed by atoms with Crippen molar-refractivity contribution in [3.05, 3.63) is 106 Å². The van der Waals surface area contributed by atoms with Gasteiger partial charge in [0.1, 0.15) is 16.7 Å². The number of amides is 2. The van der Waals surface area contributed by atoms with Gasteiger partial charge in [-0.2, -0.15) is 5.26 Å². The van der Waals surface area contributed by atoms with Gasteiger partial charge < -0.3 is 14.8 Å². The Morgan fingerprint density at radius 3 is 1.98 bits per heavy atom. The lowest BCUT2D eigenvalue weighted by molar-refractivity contribution is -0.117. The van der Waals surface area contributed by atoms with E-state index in [9.17, 15) is 24.4 Å². The van der Waals surface area contributed by atoms with Gasteiger partial charge in [-0.15, -0.1) is 0 Å². The normalized spacial score (nSPS) is 15.6. The van der Waals surface area contributed by atoms with Crippen LogP contribution in [-0.2, 0) is 25.5 Å². The molecule has 1 atom stereocenters. The largest absolute Gasteiger partial charge is 0.462 e. The number of carbonyl (C=O) groups is 4. The quantitative estimate of drug-likeness (QED) is 0.214. The van der Waals surface area contributed by atoms with Gasteiger partial charge in [0.25, 0.3) is 5.91 Å². The lowest BCUT2D eigenvalue weighted by atomic mass is 10.1. The summed E-state index contributed by atoms with van der Waals surface area (Å²) in [6.45, 7) is 3.95. The van der Waals surface area contributed by atoms with E-state index < -0.39 is 23.1 Å². The highest BCUT2D eigenvalue weighted by molar-refractivity contribution is 8.05. The van der Waals surface area contributed by atoms with Crippen molar-refractivity contribution in [3.8, 4) is 6.07 Å². The molecule has 1 aliphatic rings. The Balaban J connectivity index is 1.60. The molecule has 1 heterocycles. The molecular weight excluding hydrogens is 542 g/mol. The van der Waals surface area contributed by atoms with E-state index in [2.05, 4.69) is 5.32 Å². The molecule has 3 aromatic carbocycles. The minimum absolute atomic E-state index is 0.220. The third-order valence-electron chi connectivity index (χ3n) is 6.06. The van der Waals surface area contributed by atoms with Gasteiger partial charge in [-0.1, -0.05) is 42.1 Å². The molecule has 0 radical (unpaired) electrons. The van der Waals surface area contributed by atoms with Crippen molar-refractivity contribution in [1.82, 2.24) is 0 Å². The van der Waals surface area contributed by atoms with Gasteiger partial charge >= 0.3 is 11.9 Å². The van der Waals surface area contributed by atoms with Crippen molar-refractivity contribution in [1.29, 1.82) is 5.26 Å². The predicted octanol–water partition coefficient (Wildman–Crippen LogP) is 5.10. The first-order valence-corrected chi connectivity index (χ1v) is 13.8. The zero-order chi connectivity index (χ0) is 29.4. The Morgan fingerprint density at radius 2 is 1.44 bits per heavy atom. The van der Waals surface area contributed by atoms with Gasteiger partial charge in [0.2, 0.25) is 5.91 Å². The molecule has 0 spiro atoms. The summed E-state index contributed by atoms with van der Waals surface area (Å²) < 4.78 is 10.0. The number of ether oxygens (including phenoxy) is 2. The lowest BCUT2D eigenvalue weighted by Gasteiger charge is -2.18. The molecule has 208 valence electrons. The maximum Gasteiger partial charge on any atom is 0.338 e. The van der Waals surface area contributed by atoms with Gasteiger partial charge in [-0.3, -0.25) is 14.5 Å². The summed E-state index contributed by atoms with van der Waals surface area (Å²) in [5.74, 6) is -1.87. The van der Waals surface area contributed by atoms with Crippen molar-refractivity contribution in [2.45, 2.75) is 25.5 Å². The summed E-state index contributed by atoms with van der Waals surface area (Å²) in [6, 6.07) is 23.7. The molecule has 3 aromatic rings. The Bertz CT molecular complexity index is 1510. The van der Waals surface area contributed by atoms with Crippen LogP contribution in [0.3, 0.4) is 0 Å². The van der Waals surface area contributed by atoms with E-state index in [0.29, 0.717) is 28.9 Å². The smallest absolute Gasteiger partial charge is 0.338 e. The second-order valence-electron chi connectivity index (χ2n) is 8.78. The van der Waals surface area contributed by atoms with Crippen LogP contribution < -0.4 is 10.2 Å². The molecule has 1 fully saturated rings. The van der Waals surface area contributed by atoms with Crippen molar-refractivity contribution < 1.29 is 28.7 Å². The second kappa shape index (κ2) is 13.5. The maximum absolute atomic E-state index is 13.6. The topological polar surface area (TPSA) is 126 Å². The van der Waals surface area contributed by atoms with Crippen LogP contribution in [0.2, 0.25) is 0 Å². The number of thioether (sulfide) groups is 1. The number of hydrogen-bond donors (Lipinski definition) is 1. The molecule has 4 rings (SSSR count). The molecule has 41 heavy (non-hydrogen) atoms. The summed E-state index contributed by atoms with van der Waals surface area (Å²) in [5.41, 5.74) is 2.22. The highest BCUT2D eigenvalue weighted by Crippen LogP contribution is 2.42. The number of carbonyl (C=O) groups excluding carboxylic acids is 4. The van der Waals surface area contributed by atoms with Crippen LogP contribution in [0.25, 0.3) is 0 Å². The van der Waals surface area contributed by atoms with Crippen molar-refractivity contribution in [2.75, 3.05) is 23.4 Å². The van der Waals surface area contributed by atoms with Gasteiger partial charge in [0.15, 0.2) is 0 Å². The molecular formula is C31H27N3O6S. The molecule has 9 nitrogen and oxygen atoms in total. The van der Waals surface area contributed by atoms with E-state index in [-0.39, 0.29) is 29.7 Å². The highest BCUT2D eigenvalue weighted by atomic mass is 32.2. The van der Waals surface area contributed by atoms with E-state index in [1.165, 1.54) is 29.2 Å². The zero-order valence-electron chi connectivity index (χ0n) is 22.5. The first kappa shape index (κ1) is 29.1. The summed E-state index contributed by atoms with van der Waals surface area (Å²) in [5, 5.41) is 12.3. The first-order valence-electron chi connectivity index (χ1n) is 12.9. The molecule has 10 heteroatoms. The van der Waals surface area contributed by atoms with Gasteiger partial charge in [0.05, 0.1) is 29.6 Å². The maximum atomic E-state index is 13.6. The van der Waals surface area contributed by atoms with E-state index in [0.717, 1.165) is 17.3 Å². The first-order chi connectivity index (χ1) is 19.9.